The topological polar surface area (TPSA) is 107 Å². The van der Waals surface area contributed by atoms with Gasteiger partial charge in [-0.2, -0.15) is 0 Å². The van der Waals surface area contributed by atoms with Gasteiger partial charge in [0.2, 0.25) is 5.91 Å². The normalized spacial score (nSPS) is 12.7. The van der Waals surface area contributed by atoms with Crippen LogP contribution >= 0.6 is 0 Å². The van der Waals surface area contributed by atoms with E-state index in [0.717, 1.165) is 17.0 Å². The Hall–Kier alpha value is -4.54. The van der Waals surface area contributed by atoms with Gasteiger partial charge < -0.3 is 5.32 Å². The van der Waals surface area contributed by atoms with Gasteiger partial charge in [0.25, 0.3) is 5.56 Å². The van der Waals surface area contributed by atoms with E-state index in [2.05, 4.69) is 10.3 Å². The maximum Gasteiger partial charge on any atom is 0.251 e. The van der Waals surface area contributed by atoms with E-state index in [-0.39, 0.29) is 18.5 Å². The molecule has 3 N–H and O–H groups in total. The lowest BCUT2D eigenvalue weighted by Crippen LogP contribution is -2.36. The number of nitrogens with zero attached hydrogens (tertiary/aromatic N) is 2. The molecule has 0 fully saturated rings. The second kappa shape index (κ2) is 11.9. The SMILES string of the molecule is Cc1cc(=O)n(CC(=O)N[C@@H](Cc2cc(F)cc(F)c2)c2ncccc2-c2cccc(S(N)=O)c2)c2ccccc12. The summed E-state index contributed by atoms with van der Waals surface area (Å²) in [6.07, 6.45) is 1.56. The van der Waals surface area contributed by atoms with Crippen molar-refractivity contribution in [3.8, 4) is 11.1 Å². The summed E-state index contributed by atoms with van der Waals surface area (Å²) in [6, 6.07) is 21.4. The van der Waals surface area contributed by atoms with E-state index < -0.39 is 34.6 Å². The molecule has 3 aromatic carbocycles. The molecule has 208 valence electrons. The Kier molecular flexibility index (Phi) is 8.14. The predicted octanol–water partition coefficient (Wildman–Crippen LogP) is 4.73. The molecule has 2 heterocycles. The summed E-state index contributed by atoms with van der Waals surface area (Å²) < 4.78 is 41.5. The zero-order chi connectivity index (χ0) is 29.1. The van der Waals surface area contributed by atoms with E-state index in [1.54, 1.807) is 54.7 Å². The number of nitrogens with two attached hydrogens (primary N) is 1. The molecular weight excluding hydrogens is 546 g/mol. The summed E-state index contributed by atoms with van der Waals surface area (Å²) in [5.74, 6) is -1.99. The van der Waals surface area contributed by atoms with Crippen molar-refractivity contribution in [3.63, 3.8) is 0 Å². The second-order valence-corrected chi connectivity index (χ2v) is 10.7. The molecule has 0 radical (unpaired) electrons. The summed E-state index contributed by atoms with van der Waals surface area (Å²) in [4.78, 5) is 31.3. The number of carbonyl (C=O) groups is 1. The molecular formula is C31H26F2N4O3S. The molecule has 10 heteroatoms. The Bertz CT molecular complexity index is 1840. The zero-order valence-corrected chi connectivity index (χ0v) is 22.8. The van der Waals surface area contributed by atoms with Gasteiger partial charge in [-0.25, -0.2) is 18.1 Å². The fourth-order valence-corrected chi connectivity index (χ4v) is 5.41. The molecule has 1 amide bonds. The summed E-state index contributed by atoms with van der Waals surface area (Å²) in [7, 11) is -1.72. The van der Waals surface area contributed by atoms with Gasteiger partial charge in [0.15, 0.2) is 0 Å². The number of amides is 1. The van der Waals surface area contributed by atoms with Gasteiger partial charge in [-0.15, -0.1) is 0 Å². The lowest BCUT2D eigenvalue weighted by molar-refractivity contribution is -0.122. The summed E-state index contributed by atoms with van der Waals surface area (Å²) in [6.45, 7) is 1.55. The number of rotatable bonds is 8. The summed E-state index contributed by atoms with van der Waals surface area (Å²) in [5, 5.41) is 9.37. The molecule has 2 atom stereocenters. The van der Waals surface area contributed by atoms with Gasteiger partial charge >= 0.3 is 0 Å². The van der Waals surface area contributed by atoms with E-state index in [4.69, 9.17) is 5.14 Å². The standard InChI is InChI=1S/C31H26F2N4O3S/c1-19-12-30(39)37(28-10-3-2-8-25(19)28)18-29(38)36-27(15-20-13-22(32)17-23(33)14-20)31-26(9-5-11-35-31)21-6-4-7-24(16-21)41(34)40/h2-14,16-17,27H,15,18,34H2,1H3,(H,36,38)/t27-,41?/m0/s1. The number of fused-ring (bicyclic) bond motifs is 1. The molecule has 0 aliphatic heterocycles. The Morgan fingerprint density at radius 3 is 2.51 bits per heavy atom. The molecule has 0 saturated heterocycles. The monoisotopic (exact) mass is 572 g/mol. The van der Waals surface area contributed by atoms with Gasteiger partial charge in [0.1, 0.15) is 29.2 Å². The van der Waals surface area contributed by atoms with E-state index >= 15 is 0 Å². The molecule has 5 rings (SSSR count). The largest absolute Gasteiger partial charge is 0.346 e. The van der Waals surface area contributed by atoms with Crippen LogP contribution in [0.25, 0.3) is 22.0 Å². The summed E-state index contributed by atoms with van der Waals surface area (Å²) in [5.41, 5.74) is 3.07. The van der Waals surface area contributed by atoms with Gasteiger partial charge in [0, 0.05) is 29.3 Å². The van der Waals surface area contributed by atoms with Crippen molar-refractivity contribution in [3.05, 3.63) is 130 Å². The van der Waals surface area contributed by atoms with E-state index in [1.165, 1.54) is 22.8 Å². The molecule has 7 nitrogen and oxygen atoms in total. The fourth-order valence-electron chi connectivity index (χ4n) is 4.96. The van der Waals surface area contributed by atoms with E-state index in [1.807, 2.05) is 19.1 Å². The molecule has 0 bridgehead atoms. The Morgan fingerprint density at radius 2 is 1.76 bits per heavy atom. The van der Waals surface area contributed by atoms with E-state index in [0.29, 0.717) is 32.8 Å². The van der Waals surface area contributed by atoms with Crippen LogP contribution in [0.5, 0.6) is 0 Å². The minimum atomic E-state index is -1.72. The lowest BCUT2D eigenvalue weighted by atomic mass is 9.95. The number of hydrogen-bond acceptors (Lipinski definition) is 4. The van der Waals surface area contributed by atoms with Gasteiger partial charge in [0.05, 0.1) is 22.1 Å². The van der Waals surface area contributed by atoms with Crippen molar-refractivity contribution < 1.29 is 17.8 Å². The Morgan fingerprint density at radius 1 is 1.00 bits per heavy atom. The third kappa shape index (κ3) is 6.29. The quantitative estimate of drug-likeness (QED) is 0.280. The average molecular weight is 573 g/mol. The van der Waals surface area contributed by atoms with Gasteiger partial charge in [-0.3, -0.25) is 19.1 Å². The lowest BCUT2D eigenvalue weighted by Gasteiger charge is -2.22. The number of aryl methyl sites for hydroxylation is 1. The number of hydrogen-bond donors (Lipinski definition) is 2. The first-order valence-electron chi connectivity index (χ1n) is 12.7. The molecule has 41 heavy (non-hydrogen) atoms. The molecule has 0 aliphatic carbocycles. The first kappa shape index (κ1) is 28.0. The van der Waals surface area contributed by atoms with Crippen molar-refractivity contribution in [1.29, 1.82) is 0 Å². The molecule has 2 aromatic heterocycles. The van der Waals surface area contributed by atoms with Crippen LogP contribution in [0.1, 0.15) is 22.9 Å². The van der Waals surface area contributed by atoms with Crippen molar-refractivity contribution in [2.75, 3.05) is 0 Å². The first-order chi connectivity index (χ1) is 19.7. The molecule has 0 saturated carbocycles. The number of halogens is 2. The average Bonchev–Trinajstić information content (AvgIpc) is 2.94. The summed E-state index contributed by atoms with van der Waals surface area (Å²) >= 11 is 0. The van der Waals surface area contributed by atoms with Gasteiger partial charge in [-0.05, 0) is 66.4 Å². The smallest absolute Gasteiger partial charge is 0.251 e. The van der Waals surface area contributed by atoms with Crippen LogP contribution in [0.2, 0.25) is 0 Å². The molecule has 0 aliphatic rings. The van der Waals surface area contributed by atoms with Crippen LogP contribution < -0.4 is 16.0 Å². The van der Waals surface area contributed by atoms with Crippen LogP contribution in [0.15, 0.2) is 101 Å². The van der Waals surface area contributed by atoms with Crippen molar-refractivity contribution >= 4 is 27.8 Å². The fraction of sp³-hybridized carbons (Fsp3) is 0.129. The minimum absolute atomic E-state index is 0.0104. The van der Waals surface area contributed by atoms with Crippen molar-refractivity contribution in [2.24, 2.45) is 5.14 Å². The highest BCUT2D eigenvalue weighted by molar-refractivity contribution is 7.82. The number of benzene rings is 3. The number of carbonyl (C=O) groups excluding carboxylic acids is 1. The van der Waals surface area contributed by atoms with Crippen LogP contribution in [0, 0.1) is 18.6 Å². The Balaban J connectivity index is 1.55. The maximum absolute atomic E-state index is 14.1. The van der Waals surface area contributed by atoms with Gasteiger partial charge in [-0.1, -0.05) is 36.4 Å². The van der Waals surface area contributed by atoms with E-state index in [9.17, 15) is 22.6 Å². The number of aromatic nitrogens is 2. The van der Waals surface area contributed by atoms with Crippen LogP contribution in [0.4, 0.5) is 8.78 Å². The maximum atomic E-state index is 14.1. The number of para-hydroxylation sites is 1. The van der Waals surface area contributed by atoms with Crippen molar-refractivity contribution in [1.82, 2.24) is 14.9 Å². The van der Waals surface area contributed by atoms with Crippen LogP contribution in [-0.2, 0) is 28.7 Å². The highest BCUT2D eigenvalue weighted by atomic mass is 32.2. The molecule has 1 unspecified atom stereocenters. The third-order valence-corrected chi connectivity index (χ3v) is 7.49. The third-order valence-electron chi connectivity index (χ3n) is 6.77. The molecule has 0 spiro atoms. The van der Waals surface area contributed by atoms with Crippen LogP contribution in [0.3, 0.4) is 0 Å². The second-order valence-electron chi connectivity index (χ2n) is 9.63. The number of pyridine rings is 2. The zero-order valence-electron chi connectivity index (χ0n) is 22.0. The van der Waals surface area contributed by atoms with Crippen LogP contribution in [-0.4, -0.2) is 19.7 Å². The highest BCUT2D eigenvalue weighted by Crippen LogP contribution is 2.30. The minimum Gasteiger partial charge on any atom is -0.346 e. The highest BCUT2D eigenvalue weighted by Gasteiger charge is 2.22. The predicted molar refractivity (Wildman–Crippen MR) is 154 cm³/mol. The Labute approximate surface area is 237 Å². The molecule has 5 aromatic rings. The number of nitrogens with one attached hydrogen (secondary N) is 1. The first-order valence-corrected chi connectivity index (χ1v) is 14.0. The van der Waals surface area contributed by atoms with Crippen molar-refractivity contribution in [2.45, 2.75) is 30.8 Å².